The molecule has 0 bridgehead atoms. The minimum absolute atomic E-state index is 0.0882. The molecule has 1 unspecified atom stereocenters. The molecule has 0 radical (unpaired) electrons. The van der Waals surface area contributed by atoms with Crippen molar-refractivity contribution < 1.29 is 24.3 Å². The zero-order chi connectivity index (χ0) is 23.0. The van der Waals surface area contributed by atoms with Gasteiger partial charge in [0.05, 0.1) is 0 Å². The Labute approximate surface area is 193 Å². The summed E-state index contributed by atoms with van der Waals surface area (Å²) in [6, 6.07) is -0.916. The van der Waals surface area contributed by atoms with E-state index in [1.54, 1.807) is 5.38 Å². The third-order valence-corrected chi connectivity index (χ3v) is 7.31. The zero-order valence-corrected chi connectivity index (χ0v) is 19.2. The fraction of sp³-hybridized carbons (Fsp3) is 0.353. The molecular weight excluding hydrogens is 478 g/mol. The Kier molecular flexibility index (Phi) is 6.12. The summed E-state index contributed by atoms with van der Waals surface area (Å²) in [6.07, 6.45) is 0.238. The number of hydrogen-bond donors (Lipinski definition) is 3. The van der Waals surface area contributed by atoms with Crippen molar-refractivity contribution >= 4 is 63.3 Å². The van der Waals surface area contributed by atoms with Gasteiger partial charge in [0.15, 0.2) is 10.8 Å². The van der Waals surface area contributed by atoms with Gasteiger partial charge in [0.25, 0.3) is 11.8 Å². The molecule has 2 aliphatic heterocycles. The van der Waals surface area contributed by atoms with Crippen LogP contribution in [0.4, 0.5) is 5.13 Å². The average Bonchev–Trinajstić information content (AvgIpc) is 3.37. The normalized spacial score (nSPS) is 20.6. The number of nitrogens with zero attached hydrogens (tertiary/aromatic N) is 5. The maximum atomic E-state index is 12.8. The van der Waals surface area contributed by atoms with Gasteiger partial charge in [0.1, 0.15) is 40.7 Å². The van der Waals surface area contributed by atoms with E-state index in [0.717, 1.165) is 16.3 Å². The van der Waals surface area contributed by atoms with Crippen molar-refractivity contribution in [2.45, 2.75) is 24.8 Å². The van der Waals surface area contributed by atoms with E-state index in [1.165, 1.54) is 35.3 Å². The Hall–Kier alpha value is -3.04. The summed E-state index contributed by atoms with van der Waals surface area (Å²) in [6.45, 7) is 1.81. The molecule has 0 aromatic carbocycles. The van der Waals surface area contributed by atoms with Crippen molar-refractivity contribution in [1.82, 2.24) is 24.6 Å². The molecule has 0 aliphatic carbocycles. The van der Waals surface area contributed by atoms with Gasteiger partial charge in [-0.2, -0.15) is 4.37 Å². The number of oxime groups is 1. The number of anilines is 1. The summed E-state index contributed by atoms with van der Waals surface area (Å²) < 4.78 is 4.20. The van der Waals surface area contributed by atoms with E-state index in [0.29, 0.717) is 17.2 Å². The molecule has 2 aromatic rings. The molecule has 0 spiro atoms. The molecule has 2 aliphatic rings. The second-order valence-corrected chi connectivity index (χ2v) is 9.67. The number of carboxylic acid groups (broad SMARTS) is 1. The summed E-state index contributed by atoms with van der Waals surface area (Å²) in [7, 11) is 1.28. The van der Waals surface area contributed by atoms with E-state index in [9.17, 15) is 19.5 Å². The Balaban J connectivity index is 1.53. The van der Waals surface area contributed by atoms with Crippen molar-refractivity contribution in [1.29, 1.82) is 0 Å². The summed E-state index contributed by atoms with van der Waals surface area (Å²) in [5.41, 5.74) is 6.16. The van der Waals surface area contributed by atoms with Gasteiger partial charge in [-0.15, -0.1) is 23.1 Å². The maximum Gasteiger partial charge on any atom is 0.352 e. The van der Waals surface area contributed by atoms with Gasteiger partial charge < -0.3 is 21.0 Å². The van der Waals surface area contributed by atoms with E-state index in [1.807, 2.05) is 6.92 Å². The second-order valence-electron chi connectivity index (χ2n) is 6.72. The molecule has 168 valence electrons. The van der Waals surface area contributed by atoms with Gasteiger partial charge in [0, 0.05) is 17.6 Å². The molecule has 2 aromatic heterocycles. The van der Waals surface area contributed by atoms with Gasteiger partial charge in [0.2, 0.25) is 0 Å². The van der Waals surface area contributed by atoms with Crippen molar-refractivity contribution in [2.75, 3.05) is 18.6 Å². The molecule has 2 amide bonds. The van der Waals surface area contributed by atoms with Gasteiger partial charge in [-0.1, -0.05) is 5.16 Å². The number of aryl methyl sites for hydroxylation is 1. The molecule has 1 saturated heterocycles. The number of carbonyl (C=O) groups excluding carboxylic acids is 2. The number of thioether (sulfide) groups is 1. The standard InChI is InChI=1S/C17H17N7O5S3/c1-6-19-9(23-32-6)3-7-4-30-15-11(14(26)24(15)12(7)16(27)28)21-13(25)10(22-29-2)8-5-31-17(18)20-8/h5,11,15H,3-4H2,1-2H3,(H2,18,20)(H,21,25)(H,27,28)/t11?,15-/m0/s1. The molecule has 12 nitrogen and oxygen atoms in total. The lowest BCUT2D eigenvalue weighted by Gasteiger charge is -2.49. The zero-order valence-electron chi connectivity index (χ0n) is 16.8. The Bertz CT molecular complexity index is 1160. The highest BCUT2D eigenvalue weighted by atomic mass is 32.2. The number of thiazole rings is 1. The van der Waals surface area contributed by atoms with Gasteiger partial charge >= 0.3 is 5.97 Å². The van der Waals surface area contributed by atoms with E-state index in [2.05, 4.69) is 24.8 Å². The maximum absolute atomic E-state index is 12.8. The van der Waals surface area contributed by atoms with Crippen molar-refractivity contribution in [3.8, 4) is 0 Å². The molecule has 4 N–H and O–H groups in total. The number of aliphatic carboxylic acids is 1. The van der Waals surface area contributed by atoms with Gasteiger partial charge in [-0.05, 0) is 24.0 Å². The van der Waals surface area contributed by atoms with Crippen LogP contribution in [0.5, 0.6) is 0 Å². The molecule has 1 fully saturated rings. The van der Waals surface area contributed by atoms with E-state index >= 15 is 0 Å². The third-order valence-electron chi connectivity index (χ3n) is 4.64. The Morgan fingerprint density at radius 3 is 2.81 bits per heavy atom. The Morgan fingerprint density at radius 1 is 1.44 bits per heavy atom. The number of fused-ring (bicyclic) bond motifs is 1. The second kappa shape index (κ2) is 8.84. The summed E-state index contributed by atoms with van der Waals surface area (Å²) >= 11 is 3.72. The molecule has 0 saturated carbocycles. The highest BCUT2D eigenvalue weighted by Crippen LogP contribution is 2.41. The fourth-order valence-corrected chi connectivity index (χ4v) is 5.71. The lowest BCUT2D eigenvalue weighted by atomic mass is 10.0. The number of rotatable bonds is 7. The number of hydrogen-bond acceptors (Lipinski definition) is 12. The number of nitrogens with one attached hydrogen (secondary N) is 1. The number of nitrogens with two attached hydrogens (primary N) is 1. The first-order valence-corrected chi connectivity index (χ1v) is 11.8. The predicted molar refractivity (Wildman–Crippen MR) is 118 cm³/mol. The van der Waals surface area contributed by atoms with Gasteiger partial charge in [-0.3, -0.25) is 14.5 Å². The number of amides is 2. The van der Waals surface area contributed by atoms with E-state index < -0.39 is 29.2 Å². The van der Waals surface area contributed by atoms with Crippen LogP contribution < -0.4 is 11.1 Å². The highest BCUT2D eigenvalue weighted by Gasteiger charge is 2.54. The lowest BCUT2D eigenvalue weighted by Crippen LogP contribution is -2.71. The van der Waals surface area contributed by atoms with Crippen molar-refractivity contribution in [2.24, 2.45) is 5.16 Å². The number of carbonyl (C=O) groups is 3. The molecule has 32 heavy (non-hydrogen) atoms. The fourth-order valence-electron chi connectivity index (χ4n) is 3.32. The third kappa shape index (κ3) is 4.05. The lowest BCUT2D eigenvalue weighted by molar-refractivity contribution is -0.150. The van der Waals surface area contributed by atoms with Crippen LogP contribution in [0.2, 0.25) is 0 Å². The summed E-state index contributed by atoms with van der Waals surface area (Å²) in [5.74, 6) is -1.54. The summed E-state index contributed by atoms with van der Waals surface area (Å²) in [5, 5.41) is 18.1. The first kappa shape index (κ1) is 22.2. The molecule has 15 heteroatoms. The highest BCUT2D eigenvalue weighted by molar-refractivity contribution is 8.00. The molecular formula is C17H17N7O5S3. The van der Waals surface area contributed by atoms with Crippen LogP contribution in [0.15, 0.2) is 21.8 Å². The van der Waals surface area contributed by atoms with Gasteiger partial charge in [-0.25, -0.2) is 14.8 Å². The van der Waals surface area contributed by atoms with Crippen LogP contribution >= 0.6 is 34.6 Å². The predicted octanol–water partition coefficient (Wildman–Crippen LogP) is 0.217. The molecule has 4 heterocycles. The van der Waals surface area contributed by atoms with E-state index in [4.69, 9.17) is 10.6 Å². The first-order valence-electron chi connectivity index (χ1n) is 9.12. The number of nitrogen functional groups attached to an aromatic ring is 1. The number of aromatic nitrogens is 3. The van der Waals surface area contributed by atoms with Crippen LogP contribution in [-0.2, 0) is 25.6 Å². The van der Waals surface area contributed by atoms with Crippen molar-refractivity contribution in [3.63, 3.8) is 0 Å². The minimum atomic E-state index is -1.21. The van der Waals surface area contributed by atoms with Crippen LogP contribution in [-0.4, -0.2) is 72.1 Å². The average molecular weight is 496 g/mol. The smallest absolute Gasteiger partial charge is 0.352 e. The van der Waals surface area contributed by atoms with Crippen LogP contribution in [0, 0.1) is 6.92 Å². The Morgan fingerprint density at radius 2 is 2.22 bits per heavy atom. The van der Waals surface area contributed by atoms with E-state index in [-0.39, 0.29) is 28.7 Å². The van der Waals surface area contributed by atoms with Crippen LogP contribution in [0.3, 0.4) is 0 Å². The van der Waals surface area contributed by atoms with Crippen LogP contribution in [0.1, 0.15) is 16.5 Å². The summed E-state index contributed by atoms with van der Waals surface area (Å²) in [4.78, 5) is 51.8. The topological polar surface area (TPSA) is 173 Å². The number of carboxylic acids is 1. The minimum Gasteiger partial charge on any atom is -0.477 e. The SMILES string of the molecule is CON=C(C(=O)NC1C(=O)N2C(C(=O)O)=C(Cc3nsc(C)n3)CS[C@@H]12)c1csc(N)n1. The monoisotopic (exact) mass is 495 g/mol. The van der Waals surface area contributed by atoms with Crippen LogP contribution in [0.25, 0.3) is 0 Å². The molecule has 2 atom stereocenters. The van der Waals surface area contributed by atoms with Crippen molar-refractivity contribution in [3.05, 3.63) is 33.2 Å². The first-order chi connectivity index (χ1) is 15.3. The quantitative estimate of drug-likeness (QED) is 0.274. The molecule has 4 rings (SSSR count). The number of β-lactam (4-membered cyclic amide) rings is 1. The largest absolute Gasteiger partial charge is 0.477 e.